The standard InChI is InChI=1S/C36H21N3O2/c1-2-8-23(9-3-1)36-38-29-21-37-19-18-30(29)39(36)24-16-14-22(15-17-24)27-20-28-25-10-4-6-12-31(25)40-35(28)33-26-11-5-7-13-32(26)41-34(27)33/h1-21H. The van der Waals surface area contributed by atoms with Crippen LogP contribution in [0.25, 0.3) is 83.1 Å². The quantitative estimate of drug-likeness (QED) is 0.230. The molecule has 4 aromatic heterocycles. The summed E-state index contributed by atoms with van der Waals surface area (Å²) in [6, 6.07) is 39.5. The maximum atomic E-state index is 6.50. The predicted octanol–water partition coefficient (Wildman–Crippen LogP) is 9.55. The van der Waals surface area contributed by atoms with Crippen LogP contribution in [0.15, 0.2) is 136 Å². The van der Waals surface area contributed by atoms with Gasteiger partial charge in [-0.2, -0.15) is 0 Å². The summed E-state index contributed by atoms with van der Waals surface area (Å²) in [5, 5.41) is 4.24. The van der Waals surface area contributed by atoms with Crippen molar-refractivity contribution < 1.29 is 8.83 Å². The van der Waals surface area contributed by atoms with Crippen molar-refractivity contribution >= 4 is 54.9 Å². The molecule has 4 heterocycles. The Morgan fingerprint density at radius 1 is 0.585 bits per heavy atom. The number of nitrogens with zero attached hydrogens (tertiary/aromatic N) is 3. The predicted molar refractivity (Wildman–Crippen MR) is 164 cm³/mol. The minimum Gasteiger partial charge on any atom is -0.455 e. The summed E-state index contributed by atoms with van der Waals surface area (Å²) in [6.07, 6.45) is 3.63. The second kappa shape index (κ2) is 8.41. The number of furan rings is 2. The maximum Gasteiger partial charge on any atom is 0.147 e. The molecule has 0 aliphatic carbocycles. The molecule has 5 nitrogen and oxygen atoms in total. The Morgan fingerprint density at radius 3 is 2.12 bits per heavy atom. The van der Waals surface area contributed by atoms with Crippen molar-refractivity contribution in [1.82, 2.24) is 14.5 Å². The first-order chi connectivity index (χ1) is 20.3. The fraction of sp³-hybridized carbons (Fsp3) is 0. The highest BCUT2D eigenvalue weighted by atomic mass is 16.3. The Balaban J connectivity index is 1.29. The molecule has 9 aromatic rings. The largest absolute Gasteiger partial charge is 0.455 e. The normalized spacial score (nSPS) is 11.9. The van der Waals surface area contributed by atoms with Crippen molar-refractivity contribution in [2.24, 2.45) is 0 Å². The van der Waals surface area contributed by atoms with Gasteiger partial charge in [0.25, 0.3) is 0 Å². The molecule has 5 aromatic carbocycles. The number of para-hydroxylation sites is 2. The van der Waals surface area contributed by atoms with Gasteiger partial charge in [-0.3, -0.25) is 9.55 Å². The van der Waals surface area contributed by atoms with Gasteiger partial charge in [-0.25, -0.2) is 4.98 Å². The zero-order valence-corrected chi connectivity index (χ0v) is 21.8. The van der Waals surface area contributed by atoms with Crippen molar-refractivity contribution in [2.45, 2.75) is 0 Å². The van der Waals surface area contributed by atoms with Gasteiger partial charge in [0, 0.05) is 39.2 Å². The summed E-state index contributed by atoms with van der Waals surface area (Å²) in [6.45, 7) is 0. The Hall–Kier alpha value is -5.68. The Bertz CT molecular complexity index is 2410. The molecule has 0 saturated heterocycles. The molecule has 0 aliphatic rings. The van der Waals surface area contributed by atoms with Gasteiger partial charge < -0.3 is 8.83 Å². The van der Waals surface area contributed by atoms with E-state index in [0.717, 1.165) is 83.1 Å². The van der Waals surface area contributed by atoms with Crippen LogP contribution in [0.1, 0.15) is 0 Å². The van der Waals surface area contributed by atoms with Gasteiger partial charge in [0.2, 0.25) is 0 Å². The highest BCUT2D eigenvalue weighted by Gasteiger charge is 2.21. The van der Waals surface area contributed by atoms with Crippen LogP contribution in [0.4, 0.5) is 0 Å². The monoisotopic (exact) mass is 527 g/mol. The third-order valence-corrected chi connectivity index (χ3v) is 7.91. The van der Waals surface area contributed by atoms with Crippen molar-refractivity contribution in [3.05, 3.63) is 128 Å². The van der Waals surface area contributed by atoms with E-state index in [2.05, 4.69) is 70.2 Å². The third kappa shape index (κ3) is 3.23. The summed E-state index contributed by atoms with van der Waals surface area (Å²) < 4.78 is 15.1. The van der Waals surface area contributed by atoms with Crippen LogP contribution in [-0.2, 0) is 0 Å². The molecule has 9 rings (SSSR count). The summed E-state index contributed by atoms with van der Waals surface area (Å²) >= 11 is 0. The van der Waals surface area contributed by atoms with Crippen LogP contribution in [0.2, 0.25) is 0 Å². The van der Waals surface area contributed by atoms with Crippen molar-refractivity contribution in [3.8, 4) is 28.2 Å². The van der Waals surface area contributed by atoms with E-state index < -0.39 is 0 Å². The number of fused-ring (bicyclic) bond motifs is 8. The van der Waals surface area contributed by atoms with Gasteiger partial charge in [-0.1, -0.05) is 78.9 Å². The van der Waals surface area contributed by atoms with Crippen molar-refractivity contribution in [2.75, 3.05) is 0 Å². The van der Waals surface area contributed by atoms with Gasteiger partial charge >= 0.3 is 0 Å². The van der Waals surface area contributed by atoms with E-state index in [1.165, 1.54) is 0 Å². The van der Waals surface area contributed by atoms with Crippen LogP contribution in [0.5, 0.6) is 0 Å². The van der Waals surface area contributed by atoms with Gasteiger partial charge in [0.15, 0.2) is 0 Å². The summed E-state index contributed by atoms with van der Waals surface area (Å²) in [5.74, 6) is 0.882. The molecule has 0 radical (unpaired) electrons. The molecule has 0 N–H and O–H groups in total. The molecule has 41 heavy (non-hydrogen) atoms. The van der Waals surface area contributed by atoms with Crippen LogP contribution in [-0.4, -0.2) is 14.5 Å². The minimum absolute atomic E-state index is 0.828. The van der Waals surface area contributed by atoms with Crippen LogP contribution >= 0.6 is 0 Å². The molecular weight excluding hydrogens is 506 g/mol. The van der Waals surface area contributed by atoms with Gasteiger partial charge in [0.05, 0.1) is 17.1 Å². The van der Waals surface area contributed by atoms with Crippen LogP contribution in [0, 0.1) is 0 Å². The first-order valence-corrected chi connectivity index (χ1v) is 13.6. The topological polar surface area (TPSA) is 57.0 Å². The zero-order valence-electron chi connectivity index (χ0n) is 21.8. The third-order valence-electron chi connectivity index (χ3n) is 7.91. The fourth-order valence-corrected chi connectivity index (χ4v) is 6.04. The number of hydrogen-bond donors (Lipinski definition) is 0. The smallest absolute Gasteiger partial charge is 0.147 e. The number of rotatable bonds is 3. The second-order valence-electron chi connectivity index (χ2n) is 10.2. The molecule has 0 fully saturated rings. The Kier molecular flexibility index (Phi) is 4.55. The number of imidazole rings is 1. The van der Waals surface area contributed by atoms with E-state index in [4.69, 9.17) is 13.8 Å². The summed E-state index contributed by atoms with van der Waals surface area (Å²) in [5.41, 5.74) is 9.45. The molecule has 0 spiro atoms. The van der Waals surface area contributed by atoms with Gasteiger partial charge in [0.1, 0.15) is 33.7 Å². The summed E-state index contributed by atoms with van der Waals surface area (Å²) in [4.78, 5) is 9.24. The molecule has 0 unspecified atom stereocenters. The lowest BCUT2D eigenvalue weighted by Gasteiger charge is -2.11. The SMILES string of the molecule is c1ccc(-c2nc3cnccc3n2-c2ccc(-c3cc4c5ccccc5oc4c4c3oc3ccccc34)cc2)cc1. The first kappa shape index (κ1) is 22.2. The van der Waals surface area contributed by atoms with Crippen LogP contribution in [0.3, 0.4) is 0 Å². The lowest BCUT2D eigenvalue weighted by molar-refractivity contribution is 0.663. The maximum absolute atomic E-state index is 6.50. The highest BCUT2D eigenvalue weighted by molar-refractivity contribution is 6.25. The van der Waals surface area contributed by atoms with E-state index in [1.807, 2.05) is 67.0 Å². The average molecular weight is 528 g/mol. The second-order valence-corrected chi connectivity index (χ2v) is 10.2. The van der Waals surface area contributed by atoms with E-state index in [9.17, 15) is 0 Å². The minimum atomic E-state index is 0.828. The molecule has 192 valence electrons. The molecular formula is C36H21N3O2. The zero-order chi connectivity index (χ0) is 26.9. The average Bonchev–Trinajstić information content (AvgIpc) is 3.72. The molecule has 0 saturated carbocycles. The molecule has 0 aliphatic heterocycles. The van der Waals surface area contributed by atoms with Crippen LogP contribution < -0.4 is 0 Å². The molecule has 5 heteroatoms. The number of pyridine rings is 1. The van der Waals surface area contributed by atoms with Crippen molar-refractivity contribution in [1.29, 1.82) is 0 Å². The van der Waals surface area contributed by atoms with E-state index >= 15 is 0 Å². The Morgan fingerprint density at radius 2 is 1.29 bits per heavy atom. The van der Waals surface area contributed by atoms with E-state index in [1.54, 1.807) is 0 Å². The highest BCUT2D eigenvalue weighted by Crippen LogP contribution is 2.44. The van der Waals surface area contributed by atoms with Gasteiger partial charge in [-0.15, -0.1) is 0 Å². The number of benzene rings is 5. The Labute approximate surface area is 233 Å². The lowest BCUT2D eigenvalue weighted by Crippen LogP contribution is -1.97. The van der Waals surface area contributed by atoms with Gasteiger partial charge in [-0.05, 0) is 42.0 Å². The van der Waals surface area contributed by atoms with Crippen molar-refractivity contribution in [3.63, 3.8) is 0 Å². The summed E-state index contributed by atoms with van der Waals surface area (Å²) in [7, 11) is 0. The number of aromatic nitrogens is 3. The van der Waals surface area contributed by atoms with E-state index in [-0.39, 0.29) is 0 Å². The van der Waals surface area contributed by atoms with E-state index in [0.29, 0.717) is 0 Å². The molecule has 0 amide bonds. The molecule has 0 atom stereocenters. The lowest BCUT2D eigenvalue weighted by atomic mass is 9.98. The number of hydrogen-bond acceptors (Lipinski definition) is 4. The fourth-order valence-electron chi connectivity index (χ4n) is 6.04. The first-order valence-electron chi connectivity index (χ1n) is 13.6. The molecule has 0 bridgehead atoms.